The summed E-state index contributed by atoms with van der Waals surface area (Å²) in [4.78, 5) is 17.3. The van der Waals surface area contributed by atoms with Crippen molar-refractivity contribution in [2.75, 3.05) is 0 Å². The number of thiophene rings is 2. The average molecular weight is 1120 g/mol. The van der Waals surface area contributed by atoms with Gasteiger partial charge >= 0.3 is 0 Å². The topological polar surface area (TPSA) is 91.2 Å². The Balaban J connectivity index is 0.000000449. The van der Waals surface area contributed by atoms with Crippen LogP contribution in [-0.2, 0) is 0 Å². The van der Waals surface area contributed by atoms with Crippen LogP contribution in [0.4, 0.5) is 0 Å². The molecular formula is C67H109N3O4S3. The third kappa shape index (κ3) is 23.7. The molecule has 0 aliphatic heterocycles. The molecule has 7 rings (SSSR count). The van der Waals surface area contributed by atoms with Crippen molar-refractivity contribution in [1.29, 1.82) is 0 Å². The van der Waals surface area contributed by atoms with Crippen LogP contribution in [0, 0.1) is 0 Å². The van der Waals surface area contributed by atoms with Gasteiger partial charge in [-0.25, -0.2) is 15.0 Å². The van der Waals surface area contributed by atoms with Crippen LogP contribution in [0.25, 0.3) is 0 Å². The number of thiazole rings is 1. The van der Waals surface area contributed by atoms with Gasteiger partial charge in [-0.05, 0) is 116 Å². The Labute approximate surface area is 483 Å². The fourth-order valence-electron chi connectivity index (χ4n) is 8.50. The van der Waals surface area contributed by atoms with Crippen molar-refractivity contribution in [3.8, 4) is 0 Å². The van der Waals surface area contributed by atoms with Crippen molar-refractivity contribution in [1.82, 2.24) is 15.0 Å². The van der Waals surface area contributed by atoms with Gasteiger partial charge in [0.1, 0.15) is 23.0 Å². The Hall–Kier alpha value is -3.99. The lowest BCUT2D eigenvalue weighted by molar-refractivity contribution is 0.476. The molecule has 434 valence electrons. The molecule has 0 unspecified atom stereocenters. The monoisotopic (exact) mass is 1120 g/mol. The molecule has 0 fully saturated rings. The van der Waals surface area contributed by atoms with E-state index in [1.54, 1.807) is 33.6 Å². The first-order valence-electron chi connectivity index (χ1n) is 29.0. The standard InChI is InChI=1S/2C10H16O.2C10H16S.2C9H15NO.C9H15NS/c4*1-7(2)9-5-6-11-10(9)8(3)4;3*1-6(2)8-9(7(3)4)11-5-10-8/h4*5-8H,1-4H3;3*5-7H,1-4H3. The van der Waals surface area contributed by atoms with Crippen LogP contribution in [0.5, 0.6) is 0 Å². The number of hydrogen-bond acceptors (Lipinski definition) is 10. The molecule has 0 spiro atoms. The lowest BCUT2D eigenvalue weighted by Gasteiger charge is -2.08. The van der Waals surface area contributed by atoms with E-state index in [0.717, 1.165) is 34.4 Å². The Kier molecular flexibility index (Phi) is 32.8. The first-order chi connectivity index (χ1) is 35.9. The number of hydrogen-bond donors (Lipinski definition) is 0. The molecule has 7 nitrogen and oxygen atoms in total. The zero-order valence-corrected chi connectivity index (χ0v) is 56.1. The van der Waals surface area contributed by atoms with Gasteiger partial charge < -0.3 is 17.7 Å². The van der Waals surface area contributed by atoms with Crippen LogP contribution < -0.4 is 0 Å². The smallest absolute Gasteiger partial charge is 0.181 e. The molecule has 10 heteroatoms. The molecule has 0 atom stereocenters. The molecule has 0 saturated heterocycles. The third-order valence-electron chi connectivity index (χ3n) is 12.6. The molecule has 0 amide bonds. The van der Waals surface area contributed by atoms with Gasteiger partial charge in [0.25, 0.3) is 0 Å². The van der Waals surface area contributed by atoms with Crippen LogP contribution in [0.2, 0.25) is 0 Å². The maximum Gasteiger partial charge on any atom is 0.181 e. The first kappa shape index (κ1) is 71.0. The van der Waals surface area contributed by atoms with Crippen molar-refractivity contribution in [2.24, 2.45) is 0 Å². The van der Waals surface area contributed by atoms with E-state index in [-0.39, 0.29) is 0 Å². The van der Waals surface area contributed by atoms with Crippen molar-refractivity contribution in [2.45, 2.75) is 277 Å². The van der Waals surface area contributed by atoms with Gasteiger partial charge in [0.2, 0.25) is 0 Å². The lowest BCUT2D eigenvalue weighted by Crippen LogP contribution is -1.95. The second kappa shape index (κ2) is 35.6. The largest absolute Gasteiger partial charge is 0.469 e. The second-order valence-corrected chi connectivity index (χ2v) is 27.2. The van der Waals surface area contributed by atoms with Gasteiger partial charge in [-0.2, -0.15) is 0 Å². The minimum Gasteiger partial charge on any atom is -0.469 e. The summed E-state index contributed by atoms with van der Waals surface area (Å²) in [6, 6.07) is 8.65. The van der Waals surface area contributed by atoms with Crippen molar-refractivity contribution < 1.29 is 17.7 Å². The van der Waals surface area contributed by atoms with E-state index in [9.17, 15) is 0 Å². The minimum atomic E-state index is 0.440. The minimum absolute atomic E-state index is 0.440. The maximum atomic E-state index is 5.39. The molecule has 0 saturated carbocycles. The Morgan fingerprint density at radius 1 is 0.273 bits per heavy atom. The normalized spacial score (nSPS) is 11.5. The molecule has 0 aliphatic carbocycles. The molecular weight excluding hydrogens is 1010 g/mol. The van der Waals surface area contributed by atoms with Gasteiger partial charge in [0.15, 0.2) is 12.8 Å². The summed E-state index contributed by atoms with van der Waals surface area (Å²) in [5, 5.41) is 4.40. The van der Waals surface area contributed by atoms with E-state index < -0.39 is 0 Å². The summed E-state index contributed by atoms with van der Waals surface area (Å²) in [7, 11) is 0. The molecule has 0 radical (unpaired) electrons. The predicted octanol–water partition coefficient (Wildman–Crippen LogP) is 24.3. The SMILES string of the molecule is CC(C)c1ccoc1C(C)C.CC(C)c1ccoc1C(C)C.CC(C)c1ccsc1C(C)C.CC(C)c1ccsc1C(C)C.CC(C)c1ncoc1C(C)C.CC(C)c1ncoc1C(C)C.CC(C)c1ncsc1C(C)C. The molecule has 7 heterocycles. The van der Waals surface area contributed by atoms with E-state index in [2.05, 4.69) is 244 Å². The first-order valence-corrected chi connectivity index (χ1v) is 31.6. The van der Waals surface area contributed by atoms with Gasteiger partial charge in [-0.15, -0.1) is 34.0 Å². The Bertz CT molecular complexity index is 1900. The molecule has 0 N–H and O–H groups in total. The molecule has 0 bridgehead atoms. The van der Waals surface area contributed by atoms with Crippen LogP contribution in [0.3, 0.4) is 0 Å². The van der Waals surface area contributed by atoms with Crippen LogP contribution >= 0.6 is 34.0 Å². The van der Waals surface area contributed by atoms with E-state index in [0.29, 0.717) is 82.9 Å². The van der Waals surface area contributed by atoms with Crippen molar-refractivity contribution >= 4 is 34.0 Å². The quantitative estimate of drug-likeness (QED) is 0.107. The molecule has 77 heavy (non-hydrogen) atoms. The highest BCUT2D eigenvalue weighted by molar-refractivity contribution is 7.10. The average Bonchev–Trinajstić information content (AvgIpc) is 4.20. The summed E-state index contributed by atoms with van der Waals surface area (Å²) >= 11 is 5.55. The van der Waals surface area contributed by atoms with Gasteiger partial charge in [0.05, 0.1) is 35.1 Å². The second-order valence-electron chi connectivity index (χ2n) is 24.4. The van der Waals surface area contributed by atoms with Crippen molar-refractivity contribution in [3.05, 3.63) is 143 Å². The summed E-state index contributed by atoms with van der Waals surface area (Å²) in [5.41, 5.74) is 11.2. The zero-order chi connectivity index (χ0) is 59.0. The van der Waals surface area contributed by atoms with Gasteiger partial charge in [0, 0.05) is 38.3 Å². The molecule has 7 aromatic rings. The zero-order valence-electron chi connectivity index (χ0n) is 53.6. The predicted molar refractivity (Wildman–Crippen MR) is 338 cm³/mol. The van der Waals surface area contributed by atoms with Gasteiger partial charge in [-0.3, -0.25) is 0 Å². The summed E-state index contributed by atoms with van der Waals surface area (Å²) in [6.45, 7) is 61.3. The summed E-state index contributed by atoms with van der Waals surface area (Å²) in [5.74, 6) is 12.2. The highest BCUT2D eigenvalue weighted by atomic mass is 32.1. The molecule has 0 aliphatic rings. The van der Waals surface area contributed by atoms with E-state index in [4.69, 9.17) is 17.7 Å². The fraction of sp³-hybridized carbons (Fsp3) is 0.627. The maximum absolute atomic E-state index is 5.39. The van der Waals surface area contributed by atoms with Crippen LogP contribution in [0.15, 0.2) is 83.5 Å². The number of oxazole rings is 2. The highest BCUT2D eigenvalue weighted by Gasteiger charge is 2.17. The lowest BCUT2D eigenvalue weighted by atomic mass is 9.99. The van der Waals surface area contributed by atoms with E-state index in [1.165, 1.54) is 45.6 Å². The van der Waals surface area contributed by atoms with Crippen LogP contribution in [-0.4, -0.2) is 15.0 Å². The van der Waals surface area contributed by atoms with Crippen LogP contribution in [0.1, 0.15) is 354 Å². The summed E-state index contributed by atoms with van der Waals surface area (Å²) < 4.78 is 21.3. The number of furan rings is 2. The van der Waals surface area contributed by atoms with Gasteiger partial charge in [-0.1, -0.05) is 194 Å². The summed E-state index contributed by atoms with van der Waals surface area (Å²) in [6.07, 6.45) is 6.63. The molecule has 0 aromatic carbocycles. The number of rotatable bonds is 14. The van der Waals surface area contributed by atoms with E-state index in [1.807, 2.05) is 28.2 Å². The molecule has 7 aromatic heterocycles. The third-order valence-corrected chi connectivity index (χ3v) is 16.2. The number of aromatic nitrogens is 3. The van der Waals surface area contributed by atoms with Crippen molar-refractivity contribution in [3.63, 3.8) is 0 Å². The number of nitrogens with zero attached hydrogens (tertiary/aromatic N) is 3. The Morgan fingerprint density at radius 2 is 0.584 bits per heavy atom. The fourth-order valence-corrected chi connectivity index (χ4v) is 11.6. The van der Waals surface area contributed by atoms with E-state index >= 15 is 0 Å². The Morgan fingerprint density at radius 3 is 0.792 bits per heavy atom. The highest BCUT2D eigenvalue weighted by Crippen LogP contribution is 2.33.